The lowest BCUT2D eigenvalue weighted by Crippen LogP contribution is -2.16. The van der Waals surface area contributed by atoms with Gasteiger partial charge in [0.15, 0.2) is 0 Å². The van der Waals surface area contributed by atoms with Gasteiger partial charge in [0, 0.05) is 11.4 Å². The van der Waals surface area contributed by atoms with E-state index in [-0.39, 0.29) is 11.4 Å². The molecule has 2 aromatic rings. The van der Waals surface area contributed by atoms with Crippen LogP contribution in [0.25, 0.3) is 0 Å². The summed E-state index contributed by atoms with van der Waals surface area (Å²) in [6, 6.07) is 6.70. The molecule has 0 saturated heterocycles. The lowest BCUT2D eigenvalue weighted by atomic mass is 9.88. The van der Waals surface area contributed by atoms with Crippen LogP contribution in [0.5, 0.6) is 0 Å². The van der Waals surface area contributed by atoms with Gasteiger partial charge in [-0.25, -0.2) is 4.98 Å². The number of anilines is 1. The molecule has 0 aliphatic heterocycles. The minimum Gasteiger partial charge on any atom is -0.325 e. The summed E-state index contributed by atoms with van der Waals surface area (Å²) in [5.74, 6) is -0.499. The fourth-order valence-corrected chi connectivity index (χ4v) is 4.16. The average molecular weight is 405 g/mol. The van der Waals surface area contributed by atoms with Crippen LogP contribution in [0.4, 0.5) is 18.9 Å². The molecular weight excluding hydrogens is 387 g/mol. The van der Waals surface area contributed by atoms with Gasteiger partial charge in [0.2, 0.25) is 5.91 Å². The summed E-state index contributed by atoms with van der Waals surface area (Å²) in [7, 11) is 0. The molecule has 0 bridgehead atoms. The number of aromatic nitrogens is 1. The Kier molecular flexibility index (Phi) is 5.94. The molecule has 0 saturated carbocycles. The second-order valence-electron chi connectivity index (χ2n) is 6.57. The zero-order chi connectivity index (χ0) is 20.3. The van der Waals surface area contributed by atoms with Gasteiger partial charge in [-0.1, -0.05) is 17.8 Å². The molecule has 0 fully saturated rings. The largest absolute Gasteiger partial charge is 0.416 e. The van der Waals surface area contributed by atoms with Gasteiger partial charge < -0.3 is 5.32 Å². The monoisotopic (exact) mass is 405 g/mol. The lowest BCUT2D eigenvalue weighted by Gasteiger charge is -2.20. The molecule has 1 aromatic carbocycles. The number of amides is 1. The molecule has 1 aromatic heterocycles. The standard InChI is InChI=1S/C20H18F3N3OS/c1-12-15-7-2-3-8-16(15)17(10-24)19(25-12)28-11-18(27)26-14-6-4-5-13(9-14)20(21,22)23/h4-6,9H,2-3,7-8,11H2,1H3,(H,26,27). The molecule has 8 heteroatoms. The third-order valence-corrected chi connectivity index (χ3v) is 5.59. The maximum atomic E-state index is 12.8. The van der Waals surface area contributed by atoms with Crippen molar-refractivity contribution in [3.63, 3.8) is 0 Å². The quantitative estimate of drug-likeness (QED) is 0.736. The highest BCUT2D eigenvalue weighted by Crippen LogP contribution is 2.33. The minimum absolute atomic E-state index is 0.0455. The first-order valence-electron chi connectivity index (χ1n) is 8.82. The fraction of sp³-hybridized carbons (Fsp3) is 0.350. The number of hydrogen-bond acceptors (Lipinski definition) is 4. The van der Waals surface area contributed by atoms with E-state index in [0.29, 0.717) is 10.6 Å². The van der Waals surface area contributed by atoms with Crippen LogP contribution in [-0.2, 0) is 23.8 Å². The number of thioether (sulfide) groups is 1. The van der Waals surface area contributed by atoms with Crippen molar-refractivity contribution < 1.29 is 18.0 Å². The van der Waals surface area contributed by atoms with Gasteiger partial charge in [-0.05, 0) is 61.9 Å². The van der Waals surface area contributed by atoms with Crippen LogP contribution < -0.4 is 5.32 Å². The van der Waals surface area contributed by atoms with Crippen LogP contribution in [0.2, 0.25) is 0 Å². The first-order chi connectivity index (χ1) is 13.3. The summed E-state index contributed by atoms with van der Waals surface area (Å²) in [6.45, 7) is 1.90. The predicted octanol–water partition coefficient (Wildman–Crippen LogP) is 4.89. The zero-order valence-corrected chi connectivity index (χ0v) is 16.0. The first kappa shape index (κ1) is 20.2. The van der Waals surface area contributed by atoms with Gasteiger partial charge in [0.05, 0.1) is 16.9 Å². The average Bonchev–Trinajstić information content (AvgIpc) is 2.66. The van der Waals surface area contributed by atoms with Crippen molar-refractivity contribution in [3.05, 3.63) is 52.2 Å². The Bertz CT molecular complexity index is 951. The molecule has 0 spiro atoms. The van der Waals surface area contributed by atoms with Crippen LogP contribution in [0.15, 0.2) is 29.3 Å². The first-order valence-corrected chi connectivity index (χ1v) is 9.80. The van der Waals surface area contributed by atoms with Gasteiger partial charge in [-0.2, -0.15) is 18.4 Å². The molecule has 1 heterocycles. The van der Waals surface area contributed by atoms with Crippen molar-refractivity contribution >= 4 is 23.4 Å². The van der Waals surface area contributed by atoms with Crippen LogP contribution >= 0.6 is 11.8 Å². The Labute approximate surface area is 165 Å². The summed E-state index contributed by atoms with van der Waals surface area (Å²) < 4.78 is 38.3. The van der Waals surface area contributed by atoms with E-state index >= 15 is 0 Å². The maximum absolute atomic E-state index is 12.8. The smallest absolute Gasteiger partial charge is 0.325 e. The SMILES string of the molecule is Cc1nc(SCC(=O)Nc2cccc(C(F)(F)F)c2)c(C#N)c2c1CCCC2. The molecule has 1 aliphatic carbocycles. The van der Waals surface area contributed by atoms with E-state index in [4.69, 9.17) is 0 Å². The van der Waals surface area contributed by atoms with Gasteiger partial charge in [-0.15, -0.1) is 0 Å². The molecule has 0 unspecified atom stereocenters. The van der Waals surface area contributed by atoms with Gasteiger partial charge in [0.1, 0.15) is 11.1 Å². The van der Waals surface area contributed by atoms with E-state index in [2.05, 4.69) is 16.4 Å². The molecule has 0 radical (unpaired) electrons. The van der Waals surface area contributed by atoms with Crippen molar-refractivity contribution in [1.82, 2.24) is 4.98 Å². The summed E-state index contributed by atoms with van der Waals surface area (Å²) in [5.41, 5.74) is 2.78. The van der Waals surface area contributed by atoms with Gasteiger partial charge >= 0.3 is 6.18 Å². The number of halogens is 3. The van der Waals surface area contributed by atoms with Crippen molar-refractivity contribution in [2.45, 2.75) is 43.8 Å². The molecule has 146 valence electrons. The fourth-order valence-electron chi connectivity index (χ4n) is 3.31. The Morgan fingerprint density at radius 3 is 2.68 bits per heavy atom. The van der Waals surface area contributed by atoms with E-state index < -0.39 is 17.6 Å². The third kappa shape index (κ3) is 4.47. The van der Waals surface area contributed by atoms with Crippen molar-refractivity contribution in [2.24, 2.45) is 0 Å². The Balaban J connectivity index is 1.72. The van der Waals surface area contributed by atoms with Crippen molar-refractivity contribution in [1.29, 1.82) is 5.26 Å². The van der Waals surface area contributed by atoms with E-state index in [1.165, 1.54) is 12.1 Å². The maximum Gasteiger partial charge on any atom is 0.416 e. The molecule has 28 heavy (non-hydrogen) atoms. The number of nitrogens with one attached hydrogen (secondary N) is 1. The number of benzene rings is 1. The van der Waals surface area contributed by atoms with Crippen LogP contribution in [0.1, 0.15) is 40.8 Å². The molecule has 4 nitrogen and oxygen atoms in total. The number of fused-ring (bicyclic) bond motifs is 1. The van der Waals surface area contributed by atoms with Gasteiger partial charge in [-0.3, -0.25) is 4.79 Å². The second-order valence-corrected chi connectivity index (χ2v) is 7.53. The highest BCUT2D eigenvalue weighted by Gasteiger charge is 2.30. The molecule has 1 aliphatic rings. The van der Waals surface area contributed by atoms with Crippen LogP contribution in [0, 0.1) is 18.3 Å². The number of aryl methyl sites for hydroxylation is 1. The highest BCUT2D eigenvalue weighted by molar-refractivity contribution is 8.00. The second kappa shape index (κ2) is 8.23. The van der Waals surface area contributed by atoms with E-state index in [0.717, 1.165) is 66.4 Å². The Morgan fingerprint density at radius 2 is 2.00 bits per heavy atom. The Morgan fingerprint density at radius 1 is 1.29 bits per heavy atom. The molecular formula is C20H18F3N3OS. The molecule has 1 N–H and O–H groups in total. The van der Waals surface area contributed by atoms with E-state index in [1.807, 2.05) is 6.92 Å². The zero-order valence-electron chi connectivity index (χ0n) is 15.2. The van der Waals surface area contributed by atoms with Gasteiger partial charge in [0.25, 0.3) is 0 Å². The summed E-state index contributed by atoms with van der Waals surface area (Å²) in [4.78, 5) is 16.7. The van der Waals surface area contributed by atoms with E-state index in [9.17, 15) is 23.2 Å². The third-order valence-electron chi connectivity index (χ3n) is 4.61. The molecule has 1 amide bonds. The topological polar surface area (TPSA) is 65.8 Å². The van der Waals surface area contributed by atoms with Crippen LogP contribution in [-0.4, -0.2) is 16.6 Å². The number of nitriles is 1. The summed E-state index contributed by atoms with van der Waals surface area (Å²) in [6.07, 6.45) is -0.644. The number of pyridine rings is 1. The van der Waals surface area contributed by atoms with Crippen LogP contribution in [0.3, 0.4) is 0 Å². The number of carbonyl (C=O) groups is 1. The number of carbonyl (C=O) groups excluding carboxylic acids is 1. The molecule has 3 rings (SSSR count). The van der Waals surface area contributed by atoms with Crippen molar-refractivity contribution in [2.75, 3.05) is 11.1 Å². The summed E-state index contributed by atoms with van der Waals surface area (Å²) >= 11 is 1.13. The van der Waals surface area contributed by atoms with Crippen molar-refractivity contribution in [3.8, 4) is 6.07 Å². The highest BCUT2D eigenvalue weighted by atomic mass is 32.2. The lowest BCUT2D eigenvalue weighted by molar-refractivity contribution is -0.137. The predicted molar refractivity (Wildman–Crippen MR) is 101 cm³/mol. The normalized spacial score (nSPS) is 13.5. The molecule has 0 atom stereocenters. The number of nitrogens with zero attached hydrogens (tertiary/aromatic N) is 2. The summed E-state index contributed by atoms with van der Waals surface area (Å²) in [5, 5.41) is 12.5. The number of hydrogen-bond donors (Lipinski definition) is 1. The van der Waals surface area contributed by atoms with E-state index in [1.54, 1.807) is 0 Å². The minimum atomic E-state index is -4.47. The number of alkyl halides is 3. The Hall–Kier alpha value is -2.53. The number of rotatable bonds is 4.